The molecule has 0 bridgehead atoms. The van der Waals surface area contributed by atoms with Gasteiger partial charge in [-0.2, -0.15) is 0 Å². The van der Waals surface area contributed by atoms with Crippen LogP contribution in [0.4, 0.5) is 0 Å². The SMILES string of the molecule is CC#CCOc1cc(OC(C)C(OC)OC)ncn1. The zero-order valence-corrected chi connectivity index (χ0v) is 11.5. The average Bonchev–Trinajstić information content (AvgIpc) is 2.41. The summed E-state index contributed by atoms with van der Waals surface area (Å²) in [6, 6.07) is 1.59. The van der Waals surface area contributed by atoms with Gasteiger partial charge in [-0.15, -0.1) is 5.92 Å². The Labute approximate surface area is 113 Å². The van der Waals surface area contributed by atoms with Crippen molar-refractivity contribution in [3.05, 3.63) is 12.4 Å². The van der Waals surface area contributed by atoms with Crippen LogP contribution in [0.1, 0.15) is 13.8 Å². The summed E-state index contributed by atoms with van der Waals surface area (Å²) in [5.41, 5.74) is 0. The van der Waals surface area contributed by atoms with Crippen LogP contribution in [0.5, 0.6) is 11.8 Å². The van der Waals surface area contributed by atoms with Gasteiger partial charge in [-0.3, -0.25) is 0 Å². The van der Waals surface area contributed by atoms with E-state index in [9.17, 15) is 0 Å². The number of hydrogen-bond donors (Lipinski definition) is 0. The highest BCUT2D eigenvalue weighted by molar-refractivity contribution is 5.19. The summed E-state index contributed by atoms with van der Waals surface area (Å²) in [5, 5.41) is 0. The minimum atomic E-state index is -0.467. The second kappa shape index (κ2) is 8.29. The standard InChI is InChI=1S/C13H18N2O4/c1-5-6-7-18-11-8-12(15-9-14-11)19-10(2)13(16-3)17-4/h8-10,13H,7H2,1-4H3. The highest BCUT2D eigenvalue weighted by Gasteiger charge is 2.18. The van der Waals surface area contributed by atoms with Crippen LogP contribution in [0.2, 0.25) is 0 Å². The first kappa shape index (κ1) is 15.2. The van der Waals surface area contributed by atoms with E-state index in [0.29, 0.717) is 11.8 Å². The molecule has 0 N–H and O–H groups in total. The smallest absolute Gasteiger partial charge is 0.221 e. The van der Waals surface area contributed by atoms with E-state index in [0.717, 1.165) is 0 Å². The van der Waals surface area contributed by atoms with Gasteiger partial charge in [-0.25, -0.2) is 9.97 Å². The molecule has 0 aliphatic heterocycles. The lowest BCUT2D eigenvalue weighted by Crippen LogP contribution is -2.32. The molecule has 1 aromatic heterocycles. The largest absolute Gasteiger partial charge is 0.469 e. The maximum Gasteiger partial charge on any atom is 0.221 e. The van der Waals surface area contributed by atoms with E-state index in [1.54, 1.807) is 27.2 Å². The van der Waals surface area contributed by atoms with Gasteiger partial charge < -0.3 is 18.9 Å². The van der Waals surface area contributed by atoms with Gasteiger partial charge in [0, 0.05) is 14.2 Å². The van der Waals surface area contributed by atoms with Gasteiger partial charge in [-0.1, -0.05) is 5.92 Å². The summed E-state index contributed by atoms with van der Waals surface area (Å²) in [4.78, 5) is 7.96. The van der Waals surface area contributed by atoms with Crippen molar-refractivity contribution in [2.45, 2.75) is 26.2 Å². The molecule has 0 saturated heterocycles. The third kappa shape index (κ3) is 5.12. The predicted molar refractivity (Wildman–Crippen MR) is 68.9 cm³/mol. The van der Waals surface area contributed by atoms with Gasteiger partial charge in [0.15, 0.2) is 12.9 Å². The second-order valence-corrected chi connectivity index (χ2v) is 3.57. The fourth-order valence-corrected chi connectivity index (χ4v) is 1.37. The van der Waals surface area contributed by atoms with Gasteiger partial charge in [0.25, 0.3) is 0 Å². The molecule has 104 valence electrons. The zero-order valence-electron chi connectivity index (χ0n) is 11.5. The van der Waals surface area contributed by atoms with Crippen molar-refractivity contribution in [3.63, 3.8) is 0 Å². The van der Waals surface area contributed by atoms with Crippen LogP contribution in [0, 0.1) is 11.8 Å². The van der Waals surface area contributed by atoms with Crippen molar-refractivity contribution in [1.29, 1.82) is 0 Å². The van der Waals surface area contributed by atoms with Crippen LogP contribution in [0.25, 0.3) is 0 Å². The molecule has 0 saturated carbocycles. The molecule has 0 spiro atoms. The van der Waals surface area contributed by atoms with Crippen molar-refractivity contribution in [1.82, 2.24) is 9.97 Å². The lowest BCUT2D eigenvalue weighted by atomic mass is 10.4. The van der Waals surface area contributed by atoms with E-state index in [1.165, 1.54) is 6.33 Å². The Bertz CT molecular complexity index is 438. The summed E-state index contributed by atoms with van der Waals surface area (Å²) in [6.45, 7) is 3.85. The minimum absolute atomic E-state index is 0.279. The Hall–Kier alpha value is -1.84. The number of rotatable bonds is 7. The van der Waals surface area contributed by atoms with E-state index in [4.69, 9.17) is 18.9 Å². The number of methoxy groups -OCH3 is 2. The lowest BCUT2D eigenvalue weighted by Gasteiger charge is -2.21. The molecule has 0 aliphatic rings. The maximum atomic E-state index is 5.59. The molecule has 0 fully saturated rings. The van der Waals surface area contributed by atoms with Gasteiger partial charge >= 0.3 is 0 Å². The maximum absolute atomic E-state index is 5.59. The molecule has 0 amide bonds. The van der Waals surface area contributed by atoms with Crippen molar-refractivity contribution in [2.75, 3.05) is 20.8 Å². The second-order valence-electron chi connectivity index (χ2n) is 3.57. The lowest BCUT2D eigenvalue weighted by molar-refractivity contribution is -0.151. The molecule has 6 heteroatoms. The van der Waals surface area contributed by atoms with Crippen LogP contribution >= 0.6 is 0 Å². The third-order valence-corrected chi connectivity index (χ3v) is 2.24. The molecule has 0 radical (unpaired) electrons. The number of nitrogens with zero attached hydrogens (tertiary/aromatic N) is 2. The van der Waals surface area contributed by atoms with Crippen LogP contribution < -0.4 is 9.47 Å². The average molecular weight is 266 g/mol. The normalized spacial score (nSPS) is 11.6. The summed E-state index contributed by atoms with van der Waals surface area (Å²) in [7, 11) is 3.10. The van der Waals surface area contributed by atoms with Gasteiger partial charge in [0.05, 0.1) is 6.07 Å². The first-order valence-corrected chi connectivity index (χ1v) is 5.78. The molecule has 1 atom stereocenters. The Kier molecular flexibility index (Phi) is 6.64. The van der Waals surface area contributed by atoms with Crippen molar-refractivity contribution < 1.29 is 18.9 Å². The van der Waals surface area contributed by atoms with Crippen LogP contribution in [0.15, 0.2) is 12.4 Å². The van der Waals surface area contributed by atoms with E-state index in [-0.39, 0.29) is 12.7 Å². The number of hydrogen-bond acceptors (Lipinski definition) is 6. The third-order valence-electron chi connectivity index (χ3n) is 2.24. The Balaban J connectivity index is 2.62. The van der Waals surface area contributed by atoms with E-state index >= 15 is 0 Å². The van der Waals surface area contributed by atoms with Crippen LogP contribution in [0.3, 0.4) is 0 Å². The molecular weight excluding hydrogens is 248 g/mol. The van der Waals surface area contributed by atoms with E-state index < -0.39 is 6.29 Å². The Morgan fingerprint density at radius 1 is 1.21 bits per heavy atom. The molecule has 0 aromatic carbocycles. The first-order chi connectivity index (χ1) is 9.21. The van der Waals surface area contributed by atoms with Gasteiger partial charge in [-0.05, 0) is 13.8 Å². The summed E-state index contributed by atoms with van der Waals surface area (Å²) >= 11 is 0. The topological polar surface area (TPSA) is 62.7 Å². The zero-order chi connectivity index (χ0) is 14.1. The highest BCUT2D eigenvalue weighted by Crippen LogP contribution is 2.16. The Morgan fingerprint density at radius 2 is 1.89 bits per heavy atom. The molecule has 1 rings (SSSR count). The molecule has 19 heavy (non-hydrogen) atoms. The molecule has 1 heterocycles. The first-order valence-electron chi connectivity index (χ1n) is 5.78. The van der Waals surface area contributed by atoms with E-state index in [1.807, 2.05) is 6.92 Å². The Morgan fingerprint density at radius 3 is 2.53 bits per heavy atom. The van der Waals surface area contributed by atoms with Crippen LogP contribution in [-0.2, 0) is 9.47 Å². The molecule has 0 aliphatic carbocycles. The van der Waals surface area contributed by atoms with Crippen molar-refractivity contribution in [2.24, 2.45) is 0 Å². The predicted octanol–water partition coefficient (Wildman–Crippen LogP) is 1.26. The summed E-state index contributed by atoms with van der Waals surface area (Å²) in [6.07, 6.45) is 0.587. The molecule has 6 nitrogen and oxygen atoms in total. The van der Waals surface area contributed by atoms with Crippen molar-refractivity contribution >= 4 is 0 Å². The van der Waals surface area contributed by atoms with Gasteiger partial charge in [0.1, 0.15) is 12.4 Å². The molecular formula is C13H18N2O4. The molecule has 1 aromatic rings. The summed E-state index contributed by atoms with van der Waals surface area (Å²) < 4.78 is 21.1. The fourth-order valence-electron chi connectivity index (χ4n) is 1.37. The highest BCUT2D eigenvalue weighted by atomic mass is 16.7. The fraction of sp³-hybridized carbons (Fsp3) is 0.538. The van der Waals surface area contributed by atoms with Crippen LogP contribution in [-0.4, -0.2) is 43.2 Å². The van der Waals surface area contributed by atoms with Crippen molar-refractivity contribution in [3.8, 4) is 23.6 Å². The van der Waals surface area contributed by atoms with E-state index in [2.05, 4.69) is 21.8 Å². The minimum Gasteiger partial charge on any atom is -0.469 e. The quantitative estimate of drug-likeness (QED) is 0.547. The monoisotopic (exact) mass is 266 g/mol. The molecule has 1 unspecified atom stereocenters. The summed E-state index contributed by atoms with van der Waals surface area (Å²) in [5.74, 6) is 6.31. The van der Waals surface area contributed by atoms with Gasteiger partial charge in [0.2, 0.25) is 11.8 Å². The number of ether oxygens (including phenoxy) is 4. The number of aromatic nitrogens is 2.